The van der Waals surface area contributed by atoms with E-state index in [1.807, 2.05) is 54.6 Å². The summed E-state index contributed by atoms with van der Waals surface area (Å²) < 4.78 is 0. The van der Waals surface area contributed by atoms with E-state index in [0.717, 1.165) is 5.56 Å². The SMILES string of the molecule is C=C(c1ccccc1)[C@H]([C@@H](CC(=O)c1ccccc1)c1ccccc1)[N+](=O)[O-]. The van der Waals surface area contributed by atoms with Gasteiger partial charge in [-0.25, -0.2) is 0 Å². The van der Waals surface area contributed by atoms with Crippen molar-refractivity contribution in [2.45, 2.75) is 18.4 Å². The van der Waals surface area contributed by atoms with Gasteiger partial charge in [0.05, 0.1) is 5.92 Å². The number of benzene rings is 3. The fourth-order valence-corrected chi connectivity index (χ4v) is 3.39. The minimum absolute atomic E-state index is 0.0333. The molecule has 28 heavy (non-hydrogen) atoms. The molecular formula is C24H21NO3. The predicted molar refractivity (Wildman–Crippen MR) is 111 cm³/mol. The highest BCUT2D eigenvalue weighted by Crippen LogP contribution is 2.34. The van der Waals surface area contributed by atoms with Gasteiger partial charge in [0, 0.05) is 22.5 Å². The molecule has 0 saturated heterocycles. The topological polar surface area (TPSA) is 60.2 Å². The minimum Gasteiger partial charge on any atom is -0.294 e. The largest absolute Gasteiger partial charge is 0.294 e. The van der Waals surface area contributed by atoms with Crippen molar-refractivity contribution in [2.75, 3.05) is 0 Å². The van der Waals surface area contributed by atoms with Gasteiger partial charge in [0.15, 0.2) is 5.78 Å². The van der Waals surface area contributed by atoms with Gasteiger partial charge >= 0.3 is 0 Å². The second kappa shape index (κ2) is 8.91. The number of Topliss-reactive ketones (excluding diaryl/α,β-unsaturated/α-hetero) is 1. The maximum absolute atomic E-state index is 12.9. The molecule has 4 nitrogen and oxygen atoms in total. The van der Waals surface area contributed by atoms with Gasteiger partial charge in [-0.15, -0.1) is 0 Å². The average molecular weight is 371 g/mol. The van der Waals surface area contributed by atoms with Crippen LogP contribution in [0.2, 0.25) is 0 Å². The van der Waals surface area contributed by atoms with E-state index in [0.29, 0.717) is 16.7 Å². The van der Waals surface area contributed by atoms with Crippen LogP contribution in [0, 0.1) is 10.1 Å². The molecule has 0 bridgehead atoms. The number of nitrogens with zero attached hydrogens (tertiary/aromatic N) is 1. The van der Waals surface area contributed by atoms with E-state index in [4.69, 9.17) is 0 Å². The molecule has 3 aromatic rings. The van der Waals surface area contributed by atoms with Crippen LogP contribution in [0.15, 0.2) is 97.6 Å². The van der Waals surface area contributed by atoms with Crippen LogP contribution in [-0.2, 0) is 0 Å². The van der Waals surface area contributed by atoms with Gasteiger partial charge in [-0.05, 0) is 11.1 Å². The molecule has 0 saturated carbocycles. The molecule has 3 aromatic carbocycles. The van der Waals surface area contributed by atoms with Crippen LogP contribution in [0.4, 0.5) is 0 Å². The molecule has 3 rings (SSSR count). The number of carbonyl (C=O) groups is 1. The first-order valence-electron chi connectivity index (χ1n) is 9.09. The van der Waals surface area contributed by atoms with Crippen LogP contribution in [0.3, 0.4) is 0 Å². The van der Waals surface area contributed by atoms with Crippen molar-refractivity contribution >= 4 is 11.4 Å². The third kappa shape index (κ3) is 4.41. The van der Waals surface area contributed by atoms with Gasteiger partial charge in [0.25, 0.3) is 0 Å². The Labute approximate surface area is 164 Å². The van der Waals surface area contributed by atoms with Gasteiger partial charge in [0.1, 0.15) is 0 Å². The Bertz CT molecular complexity index is 953. The van der Waals surface area contributed by atoms with Crippen LogP contribution in [0.25, 0.3) is 5.57 Å². The van der Waals surface area contributed by atoms with Gasteiger partial charge in [-0.1, -0.05) is 97.6 Å². The van der Waals surface area contributed by atoms with E-state index >= 15 is 0 Å². The van der Waals surface area contributed by atoms with E-state index in [1.165, 1.54) is 0 Å². The standard InChI is InChI=1S/C24H21NO3/c1-18(19-11-5-2-6-12-19)24(25(27)28)22(20-13-7-3-8-14-20)17-23(26)21-15-9-4-10-16-21/h2-16,22,24H,1,17H2/t22-,24+/m0/s1. The van der Waals surface area contributed by atoms with Crippen molar-refractivity contribution in [1.29, 1.82) is 0 Å². The van der Waals surface area contributed by atoms with Crippen LogP contribution in [-0.4, -0.2) is 16.7 Å². The van der Waals surface area contributed by atoms with Gasteiger partial charge < -0.3 is 0 Å². The van der Waals surface area contributed by atoms with Crippen molar-refractivity contribution in [2.24, 2.45) is 0 Å². The molecule has 0 aromatic heterocycles. The first-order valence-corrected chi connectivity index (χ1v) is 9.09. The summed E-state index contributed by atoms with van der Waals surface area (Å²) in [4.78, 5) is 24.6. The third-order valence-electron chi connectivity index (χ3n) is 4.84. The van der Waals surface area contributed by atoms with E-state index in [2.05, 4.69) is 6.58 Å². The third-order valence-corrected chi connectivity index (χ3v) is 4.84. The van der Waals surface area contributed by atoms with Gasteiger partial charge in [-0.2, -0.15) is 0 Å². The van der Waals surface area contributed by atoms with Crippen LogP contribution in [0.1, 0.15) is 33.8 Å². The number of hydrogen-bond donors (Lipinski definition) is 0. The fourth-order valence-electron chi connectivity index (χ4n) is 3.39. The number of rotatable bonds is 8. The highest BCUT2D eigenvalue weighted by atomic mass is 16.6. The second-order valence-corrected chi connectivity index (χ2v) is 6.63. The normalized spacial score (nSPS) is 12.7. The Kier molecular flexibility index (Phi) is 6.12. The van der Waals surface area contributed by atoms with Crippen LogP contribution in [0.5, 0.6) is 0 Å². The molecule has 0 aliphatic heterocycles. The molecule has 0 spiro atoms. The van der Waals surface area contributed by atoms with Crippen molar-refractivity contribution in [3.63, 3.8) is 0 Å². The lowest BCUT2D eigenvalue weighted by molar-refractivity contribution is -0.509. The zero-order valence-corrected chi connectivity index (χ0v) is 15.4. The summed E-state index contributed by atoms with van der Waals surface area (Å²) in [5.41, 5.74) is 2.42. The van der Waals surface area contributed by atoms with Crippen molar-refractivity contribution < 1.29 is 9.72 Å². The lowest BCUT2D eigenvalue weighted by Gasteiger charge is -2.23. The first-order chi connectivity index (χ1) is 13.6. The molecule has 0 fully saturated rings. The van der Waals surface area contributed by atoms with E-state index in [9.17, 15) is 14.9 Å². The summed E-state index contributed by atoms with van der Waals surface area (Å²) in [7, 11) is 0. The summed E-state index contributed by atoms with van der Waals surface area (Å²) in [6.07, 6.45) is 0.0333. The number of ketones is 1. The van der Waals surface area contributed by atoms with Crippen LogP contribution < -0.4 is 0 Å². The van der Waals surface area contributed by atoms with Crippen molar-refractivity contribution in [1.82, 2.24) is 0 Å². The summed E-state index contributed by atoms with van der Waals surface area (Å²) in [6.45, 7) is 4.02. The maximum atomic E-state index is 12.9. The van der Waals surface area contributed by atoms with Crippen LogP contribution >= 0.6 is 0 Å². The molecule has 0 unspecified atom stereocenters. The van der Waals surface area contributed by atoms with E-state index < -0.39 is 12.0 Å². The molecule has 0 radical (unpaired) electrons. The molecule has 140 valence electrons. The Morgan fingerprint density at radius 1 is 0.821 bits per heavy atom. The molecule has 0 N–H and O–H groups in total. The van der Waals surface area contributed by atoms with Crippen molar-refractivity contribution in [3.8, 4) is 0 Å². The van der Waals surface area contributed by atoms with Gasteiger partial charge in [-0.3, -0.25) is 14.9 Å². The first kappa shape index (κ1) is 19.2. The van der Waals surface area contributed by atoms with Gasteiger partial charge in [0.2, 0.25) is 6.04 Å². The molecule has 2 atom stereocenters. The Morgan fingerprint density at radius 3 is 1.79 bits per heavy atom. The molecule has 0 aliphatic rings. The molecule has 0 heterocycles. The highest BCUT2D eigenvalue weighted by molar-refractivity contribution is 5.96. The maximum Gasteiger partial charge on any atom is 0.245 e. The Morgan fingerprint density at radius 2 is 1.29 bits per heavy atom. The van der Waals surface area contributed by atoms with E-state index in [-0.39, 0.29) is 17.1 Å². The summed E-state index contributed by atoms with van der Waals surface area (Å²) in [5.74, 6) is -0.737. The summed E-state index contributed by atoms with van der Waals surface area (Å²) in [6, 6.07) is 26.1. The Balaban J connectivity index is 2.00. The summed E-state index contributed by atoms with van der Waals surface area (Å²) in [5, 5.41) is 12.1. The predicted octanol–water partition coefficient (Wildman–Crippen LogP) is 5.40. The zero-order valence-electron chi connectivity index (χ0n) is 15.4. The average Bonchev–Trinajstić information content (AvgIpc) is 2.74. The molecule has 4 heteroatoms. The zero-order chi connectivity index (χ0) is 19.9. The van der Waals surface area contributed by atoms with E-state index in [1.54, 1.807) is 36.4 Å². The smallest absolute Gasteiger partial charge is 0.245 e. The molecule has 0 aliphatic carbocycles. The molecule has 0 amide bonds. The number of nitro groups is 1. The quantitative estimate of drug-likeness (QED) is 0.302. The van der Waals surface area contributed by atoms with Crippen molar-refractivity contribution in [3.05, 3.63) is 124 Å². The lowest BCUT2D eigenvalue weighted by Crippen LogP contribution is -2.30. The number of carbonyl (C=O) groups excluding carboxylic acids is 1. The highest BCUT2D eigenvalue weighted by Gasteiger charge is 2.37. The summed E-state index contributed by atoms with van der Waals surface area (Å²) >= 11 is 0. The lowest BCUT2D eigenvalue weighted by atomic mass is 9.81. The minimum atomic E-state index is -1.10. The fraction of sp³-hybridized carbons (Fsp3) is 0.125. The Hall–Kier alpha value is -3.53. The monoisotopic (exact) mass is 371 g/mol. The number of hydrogen-bond acceptors (Lipinski definition) is 3. The second-order valence-electron chi connectivity index (χ2n) is 6.63. The molecular weight excluding hydrogens is 350 g/mol.